The van der Waals surface area contributed by atoms with Gasteiger partial charge in [-0.1, -0.05) is 12.2 Å². The van der Waals surface area contributed by atoms with E-state index in [0.29, 0.717) is 12.8 Å². The molecule has 0 aromatic rings. The average molecular weight is 254 g/mol. The third kappa shape index (κ3) is 5.17. The van der Waals surface area contributed by atoms with Gasteiger partial charge in [-0.2, -0.15) is 0 Å². The summed E-state index contributed by atoms with van der Waals surface area (Å²) >= 11 is 0. The van der Waals surface area contributed by atoms with Gasteiger partial charge in [-0.05, 0) is 32.6 Å². The van der Waals surface area contributed by atoms with E-state index in [4.69, 9.17) is 9.47 Å². The van der Waals surface area contributed by atoms with Crippen LogP contribution in [0.2, 0.25) is 0 Å². The van der Waals surface area contributed by atoms with Crippen LogP contribution < -0.4 is 0 Å². The quantitative estimate of drug-likeness (QED) is 0.360. The minimum atomic E-state index is -0.902. The SMILES string of the molecule is C=CCC(CC=C)C(C(=O)OCC)C(=O)OCC. The summed E-state index contributed by atoms with van der Waals surface area (Å²) in [6.45, 7) is 11.2. The highest BCUT2D eigenvalue weighted by Crippen LogP contribution is 2.24. The van der Waals surface area contributed by atoms with Gasteiger partial charge in [-0.25, -0.2) is 0 Å². The maximum absolute atomic E-state index is 11.9. The lowest BCUT2D eigenvalue weighted by Gasteiger charge is -2.22. The fraction of sp³-hybridized carbons (Fsp3) is 0.571. The third-order valence-electron chi connectivity index (χ3n) is 2.49. The van der Waals surface area contributed by atoms with E-state index in [1.165, 1.54) is 0 Å². The van der Waals surface area contributed by atoms with E-state index in [1.807, 2.05) is 0 Å². The minimum Gasteiger partial charge on any atom is -0.465 e. The molecule has 0 aromatic carbocycles. The number of carbonyl (C=O) groups excluding carboxylic acids is 2. The van der Waals surface area contributed by atoms with Crippen molar-refractivity contribution in [2.75, 3.05) is 13.2 Å². The van der Waals surface area contributed by atoms with Gasteiger partial charge in [0.15, 0.2) is 5.92 Å². The lowest BCUT2D eigenvalue weighted by Crippen LogP contribution is -2.34. The molecule has 0 saturated carbocycles. The Bertz CT molecular complexity index is 268. The molecule has 0 saturated heterocycles. The molecule has 0 spiro atoms. The number of esters is 2. The normalized spacial score (nSPS) is 10.2. The maximum atomic E-state index is 11.9. The zero-order valence-electron chi connectivity index (χ0n) is 11.2. The third-order valence-corrected chi connectivity index (χ3v) is 2.49. The van der Waals surface area contributed by atoms with Crippen molar-refractivity contribution in [2.45, 2.75) is 26.7 Å². The average Bonchev–Trinajstić information content (AvgIpc) is 2.30. The van der Waals surface area contributed by atoms with Crippen LogP contribution in [0.15, 0.2) is 25.3 Å². The van der Waals surface area contributed by atoms with Gasteiger partial charge in [0, 0.05) is 0 Å². The Labute approximate surface area is 109 Å². The monoisotopic (exact) mass is 254 g/mol. The Hall–Kier alpha value is -1.58. The number of hydrogen-bond acceptors (Lipinski definition) is 4. The van der Waals surface area contributed by atoms with Crippen molar-refractivity contribution in [3.05, 3.63) is 25.3 Å². The molecule has 0 atom stereocenters. The fourth-order valence-corrected chi connectivity index (χ4v) is 1.74. The first-order valence-corrected chi connectivity index (χ1v) is 6.17. The highest BCUT2D eigenvalue weighted by Gasteiger charge is 2.36. The number of rotatable bonds is 9. The number of ether oxygens (including phenoxy) is 2. The van der Waals surface area contributed by atoms with Crippen LogP contribution in [0.1, 0.15) is 26.7 Å². The summed E-state index contributed by atoms with van der Waals surface area (Å²) in [4.78, 5) is 23.7. The Morgan fingerprint density at radius 1 is 1.00 bits per heavy atom. The molecule has 0 bridgehead atoms. The van der Waals surface area contributed by atoms with Crippen LogP contribution in [0.4, 0.5) is 0 Å². The van der Waals surface area contributed by atoms with E-state index in [9.17, 15) is 9.59 Å². The molecule has 0 aliphatic rings. The van der Waals surface area contributed by atoms with Crippen LogP contribution in [0.3, 0.4) is 0 Å². The highest BCUT2D eigenvalue weighted by molar-refractivity contribution is 5.95. The minimum absolute atomic E-state index is 0.210. The van der Waals surface area contributed by atoms with Crippen LogP contribution in [0.5, 0.6) is 0 Å². The summed E-state index contributed by atoms with van der Waals surface area (Å²) in [7, 11) is 0. The summed E-state index contributed by atoms with van der Waals surface area (Å²) in [6.07, 6.45) is 4.43. The van der Waals surface area contributed by atoms with E-state index < -0.39 is 17.9 Å². The Balaban J connectivity index is 4.99. The predicted molar refractivity (Wildman–Crippen MR) is 69.9 cm³/mol. The molecular formula is C14H22O4. The van der Waals surface area contributed by atoms with Crippen molar-refractivity contribution >= 4 is 11.9 Å². The molecule has 0 aliphatic carbocycles. The molecule has 0 N–H and O–H groups in total. The summed E-state index contributed by atoms with van der Waals surface area (Å²) < 4.78 is 9.87. The van der Waals surface area contributed by atoms with E-state index in [1.54, 1.807) is 26.0 Å². The Morgan fingerprint density at radius 2 is 1.39 bits per heavy atom. The first-order valence-electron chi connectivity index (χ1n) is 6.17. The van der Waals surface area contributed by atoms with Crippen LogP contribution in [-0.4, -0.2) is 25.2 Å². The van der Waals surface area contributed by atoms with Gasteiger partial charge in [0.25, 0.3) is 0 Å². The van der Waals surface area contributed by atoms with Crippen molar-refractivity contribution in [3.63, 3.8) is 0 Å². The molecular weight excluding hydrogens is 232 g/mol. The molecule has 4 heteroatoms. The molecule has 4 nitrogen and oxygen atoms in total. The first-order chi connectivity index (χ1) is 8.62. The van der Waals surface area contributed by atoms with Gasteiger partial charge in [-0.3, -0.25) is 9.59 Å². The number of carbonyl (C=O) groups is 2. The molecule has 0 heterocycles. The molecule has 0 amide bonds. The largest absolute Gasteiger partial charge is 0.465 e. The van der Waals surface area contributed by atoms with E-state index in [0.717, 1.165) is 0 Å². The zero-order valence-corrected chi connectivity index (χ0v) is 11.2. The highest BCUT2D eigenvalue weighted by atomic mass is 16.6. The van der Waals surface area contributed by atoms with Crippen LogP contribution in [-0.2, 0) is 19.1 Å². The van der Waals surface area contributed by atoms with Crippen molar-refractivity contribution < 1.29 is 19.1 Å². The van der Waals surface area contributed by atoms with E-state index in [2.05, 4.69) is 13.2 Å². The van der Waals surface area contributed by atoms with Crippen LogP contribution in [0, 0.1) is 11.8 Å². The molecule has 18 heavy (non-hydrogen) atoms. The van der Waals surface area contributed by atoms with Gasteiger partial charge in [0.2, 0.25) is 0 Å². The molecule has 0 aromatic heterocycles. The second-order valence-electron chi connectivity index (χ2n) is 3.79. The Morgan fingerprint density at radius 3 is 1.67 bits per heavy atom. The number of hydrogen-bond donors (Lipinski definition) is 0. The van der Waals surface area contributed by atoms with E-state index in [-0.39, 0.29) is 19.1 Å². The van der Waals surface area contributed by atoms with Gasteiger partial charge in [0.1, 0.15) is 0 Å². The van der Waals surface area contributed by atoms with Crippen LogP contribution in [0.25, 0.3) is 0 Å². The van der Waals surface area contributed by atoms with Gasteiger partial charge in [0.05, 0.1) is 13.2 Å². The molecule has 0 unspecified atom stereocenters. The molecule has 0 rings (SSSR count). The first kappa shape index (κ1) is 16.4. The van der Waals surface area contributed by atoms with E-state index >= 15 is 0 Å². The zero-order chi connectivity index (χ0) is 14.0. The second kappa shape index (κ2) is 9.45. The standard InChI is InChI=1S/C14H22O4/c1-5-9-11(10-6-2)12(13(15)17-7-3)14(16)18-8-4/h5-6,11-12H,1-2,7-10H2,3-4H3. The lowest BCUT2D eigenvalue weighted by molar-refractivity contribution is -0.164. The summed E-state index contributed by atoms with van der Waals surface area (Å²) in [6, 6.07) is 0. The summed E-state index contributed by atoms with van der Waals surface area (Å²) in [5.74, 6) is -2.19. The van der Waals surface area contributed by atoms with Crippen molar-refractivity contribution in [2.24, 2.45) is 11.8 Å². The number of allylic oxidation sites excluding steroid dienone is 2. The van der Waals surface area contributed by atoms with Crippen molar-refractivity contribution in [1.82, 2.24) is 0 Å². The summed E-state index contributed by atoms with van der Waals surface area (Å²) in [5.41, 5.74) is 0. The van der Waals surface area contributed by atoms with Crippen molar-refractivity contribution in [1.29, 1.82) is 0 Å². The second-order valence-corrected chi connectivity index (χ2v) is 3.79. The van der Waals surface area contributed by atoms with Gasteiger partial charge in [-0.15, -0.1) is 13.2 Å². The maximum Gasteiger partial charge on any atom is 0.320 e. The molecule has 0 aliphatic heterocycles. The fourth-order valence-electron chi connectivity index (χ4n) is 1.74. The van der Waals surface area contributed by atoms with Crippen LogP contribution >= 0.6 is 0 Å². The smallest absolute Gasteiger partial charge is 0.320 e. The lowest BCUT2D eigenvalue weighted by atomic mass is 9.86. The topological polar surface area (TPSA) is 52.6 Å². The van der Waals surface area contributed by atoms with Gasteiger partial charge < -0.3 is 9.47 Å². The predicted octanol–water partition coefficient (Wildman–Crippen LogP) is 2.50. The van der Waals surface area contributed by atoms with Gasteiger partial charge >= 0.3 is 11.9 Å². The molecule has 0 fully saturated rings. The van der Waals surface area contributed by atoms with Crippen molar-refractivity contribution in [3.8, 4) is 0 Å². The molecule has 102 valence electrons. The Kier molecular flexibility index (Phi) is 8.62. The summed E-state index contributed by atoms with van der Waals surface area (Å²) in [5, 5.41) is 0. The molecule has 0 radical (unpaired) electrons.